The van der Waals surface area contributed by atoms with E-state index >= 15 is 0 Å². The van der Waals surface area contributed by atoms with Crippen molar-refractivity contribution in [3.8, 4) is 6.07 Å². The van der Waals surface area contributed by atoms with E-state index < -0.39 is 35.8 Å². The first-order valence-corrected chi connectivity index (χ1v) is 10.5. The molecule has 1 aliphatic heterocycles. The number of rotatable bonds is 6. The molecule has 1 saturated carbocycles. The van der Waals surface area contributed by atoms with Crippen LogP contribution in [0, 0.1) is 28.5 Å². The normalized spacial score (nSPS) is 23.9. The number of carbonyl (C=O) groups excluding carboxylic acids is 1. The van der Waals surface area contributed by atoms with Crippen LogP contribution in [0.15, 0.2) is 30.5 Å². The number of aromatic nitrogens is 2. The molecule has 0 bridgehead atoms. The minimum atomic E-state index is -1.03. The summed E-state index contributed by atoms with van der Waals surface area (Å²) in [7, 11) is 0. The van der Waals surface area contributed by atoms with Crippen LogP contribution in [0.25, 0.3) is 0 Å². The van der Waals surface area contributed by atoms with Gasteiger partial charge in [0.15, 0.2) is 5.82 Å². The predicted molar refractivity (Wildman–Crippen MR) is 114 cm³/mol. The minimum absolute atomic E-state index is 0.0306. The van der Waals surface area contributed by atoms with E-state index in [0.717, 1.165) is 12.8 Å². The van der Waals surface area contributed by atoms with Gasteiger partial charge in [-0.05, 0) is 55.4 Å². The summed E-state index contributed by atoms with van der Waals surface area (Å²) in [6, 6.07) is 6.82. The molecule has 4 N–H and O–H groups in total. The standard InChI is InChI=1S/C22H25FN6O3/c1-22(7-8-22)10-17-18(13(11-24)6-9-28(17)21(31)32)29-12-16(19(25)30)20(27-29)26-15-4-2-14(23)3-5-15/h2-5,12-13,17-18H,6-10H2,1H3,(H2,25,30)(H,26,27)(H,31,32). The topological polar surface area (TPSA) is 137 Å². The van der Waals surface area contributed by atoms with Gasteiger partial charge in [-0.2, -0.15) is 10.4 Å². The quantitative estimate of drug-likeness (QED) is 0.629. The van der Waals surface area contributed by atoms with Gasteiger partial charge in [0.2, 0.25) is 0 Å². The second-order valence-corrected chi connectivity index (χ2v) is 8.94. The average molecular weight is 440 g/mol. The van der Waals surface area contributed by atoms with E-state index in [2.05, 4.69) is 23.4 Å². The molecule has 1 aromatic heterocycles. The smallest absolute Gasteiger partial charge is 0.407 e. The van der Waals surface area contributed by atoms with E-state index in [-0.39, 0.29) is 23.3 Å². The highest BCUT2D eigenvalue weighted by molar-refractivity contribution is 5.98. The molecule has 2 heterocycles. The van der Waals surface area contributed by atoms with Crippen molar-refractivity contribution in [3.63, 3.8) is 0 Å². The van der Waals surface area contributed by atoms with Gasteiger partial charge in [0, 0.05) is 18.4 Å². The van der Waals surface area contributed by atoms with Crippen molar-refractivity contribution in [2.75, 3.05) is 11.9 Å². The van der Waals surface area contributed by atoms with E-state index in [4.69, 9.17) is 5.73 Å². The molecule has 2 fully saturated rings. The molecule has 1 aromatic carbocycles. The van der Waals surface area contributed by atoms with Crippen molar-refractivity contribution < 1.29 is 19.1 Å². The van der Waals surface area contributed by atoms with Crippen molar-refractivity contribution >= 4 is 23.5 Å². The number of nitrogens with zero attached hydrogens (tertiary/aromatic N) is 4. The van der Waals surface area contributed by atoms with Gasteiger partial charge in [0.05, 0.1) is 24.1 Å². The highest BCUT2D eigenvalue weighted by atomic mass is 19.1. The summed E-state index contributed by atoms with van der Waals surface area (Å²) < 4.78 is 14.7. The van der Waals surface area contributed by atoms with Gasteiger partial charge in [0.1, 0.15) is 11.4 Å². The number of hydrogen-bond donors (Lipinski definition) is 3. The zero-order chi connectivity index (χ0) is 23.0. The maximum absolute atomic E-state index is 13.2. The Hall–Kier alpha value is -3.61. The summed E-state index contributed by atoms with van der Waals surface area (Å²) in [6.45, 7) is 2.38. The average Bonchev–Trinajstić information content (AvgIpc) is 3.32. The van der Waals surface area contributed by atoms with Crippen molar-refractivity contribution in [2.45, 2.75) is 44.7 Å². The van der Waals surface area contributed by atoms with Crippen LogP contribution >= 0.6 is 0 Å². The van der Waals surface area contributed by atoms with Gasteiger partial charge in [0.25, 0.3) is 5.91 Å². The lowest BCUT2D eigenvalue weighted by atomic mass is 9.81. The lowest BCUT2D eigenvalue weighted by Crippen LogP contribution is -2.52. The van der Waals surface area contributed by atoms with Gasteiger partial charge in [-0.25, -0.2) is 9.18 Å². The van der Waals surface area contributed by atoms with E-state index in [1.165, 1.54) is 40.0 Å². The molecule has 2 aliphatic rings. The number of primary amides is 1. The Morgan fingerprint density at radius 2 is 2.06 bits per heavy atom. The summed E-state index contributed by atoms with van der Waals surface area (Å²) in [5.41, 5.74) is 6.21. The Morgan fingerprint density at radius 3 is 2.62 bits per heavy atom. The third kappa shape index (κ3) is 4.23. The van der Waals surface area contributed by atoms with Crippen molar-refractivity contribution in [1.29, 1.82) is 5.26 Å². The molecular formula is C22H25FN6O3. The van der Waals surface area contributed by atoms with Crippen LogP contribution in [0.2, 0.25) is 0 Å². The molecule has 0 radical (unpaired) electrons. The van der Waals surface area contributed by atoms with Crippen LogP contribution < -0.4 is 11.1 Å². The second-order valence-electron chi connectivity index (χ2n) is 8.94. The number of nitrogens with two attached hydrogens (primary N) is 1. The maximum Gasteiger partial charge on any atom is 0.407 e. The first-order chi connectivity index (χ1) is 15.2. The van der Waals surface area contributed by atoms with Gasteiger partial charge in [-0.15, -0.1) is 0 Å². The van der Waals surface area contributed by atoms with Crippen LogP contribution in [-0.2, 0) is 0 Å². The monoisotopic (exact) mass is 440 g/mol. The lowest BCUT2D eigenvalue weighted by Gasteiger charge is -2.43. The Balaban J connectivity index is 1.73. The highest BCUT2D eigenvalue weighted by Gasteiger charge is 2.48. The summed E-state index contributed by atoms with van der Waals surface area (Å²) in [4.78, 5) is 25.5. The van der Waals surface area contributed by atoms with E-state index in [9.17, 15) is 24.3 Å². The SMILES string of the molecule is CC1(CC2C(n3cc(C(N)=O)c(Nc4ccc(F)cc4)n3)C(C#N)CCN2C(=O)O)CC1. The van der Waals surface area contributed by atoms with Crippen molar-refractivity contribution in [1.82, 2.24) is 14.7 Å². The molecule has 1 aliphatic carbocycles. The molecule has 0 spiro atoms. The third-order valence-corrected chi connectivity index (χ3v) is 6.51. The number of amides is 2. The second kappa shape index (κ2) is 8.15. The number of likely N-dealkylation sites (tertiary alicyclic amines) is 1. The van der Waals surface area contributed by atoms with Crippen molar-refractivity contribution in [2.24, 2.45) is 17.1 Å². The van der Waals surface area contributed by atoms with Gasteiger partial charge in [-0.3, -0.25) is 9.48 Å². The van der Waals surface area contributed by atoms with Crippen LogP contribution in [0.5, 0.6) is 0 Å². The zero-order valence-corrected chi connectivity index (χ0v) is 17.7. The number of piperidine rings is 1. The largest absolute Gasteiger partial charge is 0.465 e. The third-order valence-electron chi connectivity index (χ3n) is 6.51. The molecule has 168 valence electrons. The fourth-order valence-corrected chi connectivity index (χ4v) is 4.45. The number of hydrogen-bond acceptors (Lipinski definition) is 5. The molecule has 1 saturated heterocycles. The number of anilines is 2. The number of nitriles is 1. The Morgan fingerprint density at radius 1 is 1.38 bits per heavy atom. The van der Waals surface area contributed by atoms with E-state index in [1.54, 1.807) is 0 Å². The zero-order valence-electron chi connectivity index (χ0n) is 17.7. The fraction of sp³-hybridized carbons (Fsp3) is 0.455. The molecule has 32 heavy (non-hydrogen) atoms. The first kappa shape index (κ1) is 21.6. The van der Waals surface area contributed by atoms with Gasteiger partial charge >= 0.3 is 6.09 Å². The predicted octanol–water partition coefficient (Wildman–Crippen LogP) is 3.49. The number of benzene rings is 1. The molecular weight excluding hydrogens is 415 g/mol. The van der Waals surface area contributed by atoms with Gasteiger partial charge in [-0.1, -0.05) is 6.92 Å². The minimum Gasteiger partial charge on any atom is -0.465 e. The Labute approximate surface area is 184 Å². The summed E-state index contributed by atoms with van der Waals surface area (Å²) in [6.07, 6.45) is 3.42. The van der Waals surface area contributed by atoms with Crippen LogP contribution in [0.1, 0.15) is 49.0 Å². The van der Waals surface area contributed by atoms with E-state index in [1.807, 2.05) is 0 Å². The first-order valence-electron chi connectivity index (χ1n) is 10.5. The van der Waals surface area contributed by atoms with Crippen LogP contribution in [0.4, 0.5) is 20.7 Å². The molecule has 4 rings (SSSR count). The molecule has 10 heteroatoms. The summed E-state index contributed by atoms with van der Waals surface area (Å²) in [5.74, 6) is -1.42. The number of halogens is 1. The number of carbonyl (C=O) groups is 2. The molecule has 3 atom stereocenters. The number of carboxylic acid groups (broad SMARTS) is 1. The van der Waals surface area contributed by atoms with Crippen LogP contribution in [-0.4, -0.2) is 44.4 Å². The fourth-order valence-electron chi connectivity index (χ4n) is 4.45. The van der Waals surface area contributed by atoms with E-state index in [0.29, 0.717) is 18.5 Å². The number of nitrogens with one attached hydrogen (secondary N) is 1. The highest BCUT2D eigenvalue weighted by Crippen LogP contribution is 2.52. The molecule has 2 amide bonds. The van der Waals surface area contributed by atoms with Crippen LogP contribution in [0.3, 0.4) is 0 Å². The Bertz CT molecular complexity index is 1070. The summed E-state index contributed by atoms with van der Waals surface area (Å²) in [5, 5.41) is 27.1. The molecule has 2 aromatic rings. The Kier molecular flexibility index (Phi) is 5.50. The maximum atomic E-state index is 13.2. The van der Waals surface area contributed by atoms with Gasteiger partial charge < -0.3 is 21.1 Å². The molecule has 9 nitrogen and oxygen atoms in total. The summed E-state index contributed by atoms with van der Waals surface area (Å²) >= 11 is 0. The lowest BCUT2D eigenvalue weighted by molar-refractivity contribution is 0.0488. The van der Waals surface area contributed by atoms with Crippen molar-refractivity contribution in [3.05, 3.63) is 41.8 Å². The molecule has 3 unspecified atom stereocenters.